The van der Waals surface area contributed by atoms with Crippen molar-refractivity contribution in [3.63, 3.8) is 0 Å². The van der Waals surface area contributed by atoms with Crippen LogP contribution < -0.4 is 10.5 Å². The lowest BCUT2D eigenvalue weighted by Crippen LogP contribution is -2.28. The Morgan fingerprint density at radius 1 is 0.931 bits per heavy atom. The molecule has 0 aliphatic carbocycles. The Morgan fingerprint density at radius 2 is 1.69 bits per heavy atom. The largest absolute Gasteiger partial charge is 0.341 e. The van der Waals surface area contributed by atoms with E-state index < -0.39 is 0 Å². The van der Waals surface area contributed by atoms with Gasteiger partial charge < -0.3 is 4.90 Å². The van der Waals surface area contributed by atoms with Crippen molar-refractivity contribution in [2.75, 3.05) is 18.0 Å². The van der Waals surface area contributed by atoms with Crippen LogP contribution >= 0.6 is 15.9 Å². The first-order valence-corrected chi connectivity index (χ1v) is 10.9. The van der Waals surface area contributed by atoms with Crippen LogP contribution in [0.15, 0.2) is 57.8 Å². The summed E-state index contributed by atoms with van der Waals surface area (Å²) in [5, 5.41) is 9.69. The van der Waals surface area contributed by atoms with Crippen LogP contribution in [0, 0.1) is 0 Å². The van der Waals surface area contributed by atoms with Gasteiger partial charge in [-0.2, -0.15) is 0 Å². The van der Waals surface area contributed by atoms with Crippen LogP contribution in [0.3, 0.4) is 0 Å². The Bertz CT molecular complexity index is 1220. The van der Waals surface area contributed by atoms with Gasteiger partial charge in [0.05, 0.1) is 17.4 Å². The van der Waals surface area contributed by atoms with Crippen molar-refractivity contribution in [1.82, 2.24) is 19.2 Å². The molecule has 6 nitrogen and oxygen atoms in total. The molecule has 4 aromatic rings. The number of fused-ring (bicyclic) bond motifs is 3. The van der Waals surface area contributed by atoms with Crippen molar-refractivity contribution in [3.8, 4) is 0 Å². The van der Waals surface area contributed by atoms with Gasteiger partial charge >= 0.3 is 0 Å². The fourth-order valence-electron chi connectivity index (χ4n) is 4.15. The van der Waals surface area contributed by atoms with Gasteiger partial charge in [-0.05, 0) is 36.6 Å². The molecular formula is C22H22BrN5O. The molecule has 0 spiro atoms. The van der Waals surface area contributed by atoms with Crippen LogP contribution in [-0.4, -0.2) is 32.3 Å². The average molecular weight is 452 g/mol. The third kappa shape index (κ3) is 3.33. The van der Waals surface area contributed by atoms with Crippen molar-refractivity contribution >= 4 is 38.6 Å². The quantitative estimate of drug-likeness (QED) is 0.467. The van der Waals surface area contributed by atoms with Gasteiger partial charge in [-0.15, -0.1) is 10.2 Å². The third-order valence-electron chi connectivity index (χ3n) is 5.62. The fourth-order valence-corrected chi connectivity index (χ4v) is 4.51. The van der Waals surface area contributed by atoms with E-state index in [4.69, 9.17) is 0 Å². The van der Waals surface area contributed by atoms with Crippen molar-refractivity contribution in [1.29, 1.82) is 0 Å². The summed E-state index contributed by atoms with van der Waals surface area (Å²) < 4.78 is 4.67. The van der Waals surface area contributed by atoms with Gasteiger partial charge in [0.15, 0.2) is 0 Å². The number of nitrogens with zero attached hydrogens (tertiary/aromatic N) is 5. The Kier molecular flexibility index (Phi) is 4.83. The zero-order chi connectivity index (χ0) is 19.8. The molecule has 0 bridgehead atoms. The zero-order valence-electron chi connectivity index (χ0n) is 16.1. The molecule has 3 heterocycles. The van der Waals surface area contributed by atoms with Gasteiger partial charge in [-0.3, -0.25) is 9.36 Å². The first kappa shape index (κ1) is 18.4. The standard InChI is InChI=1S/C22H22BrN5O/c23-17-10-11-19-18(14-17)20(29)27(15-16-8-4-3-5-9-16)22-25-24-21(28(19)22)26-12-6-1-2-7-13-26/h3-5,8-11,14H,1-2,6-7,12-13,15H2. The summed E-state index contributed by atoms with van der Waals surface area (Å²) in [6.45, 7) is 2.40. The molecule has 0 radical (unpaired) electrons. The molecule has 0 atom stereocenters. The van der Waals surface area contributed by atoms with E-state index in [0.717, 1.165) is 47.4 Å². The summed E-state index contributed by atoms with van der Waals surface area (Å²) in [7, 11) is 0. The molecule has 5 rings (SSSR count). The second kappa shape index (κ2) is 7.63. The molecule has 1 saturated heterocycles. The monoisotopic (exact) mass is 451 g/mol. The number of halogens is 1. The van der Waals surface area contributed by atoms with Crippen LogP contribution in [0.2, 0.25) is 0 Å². The maximum absolute atomic E-state index is 13.4. The van der Waals surface area contributed by atoms with E-state index in [-0.39, 0.29) is 5.56 Å². The molecule has 2 aromatic heterocycles. The van der Waals surface area contributed by atoms with Crippen LogP contribution in [-0.2, 0) is 6.54 Å². The molecule has 148 valence electrons. The molecule has 0 unspecified atom stereocenters. The number of rotatable bonds is 3. The van der Waals surface area contributed by atoms with E-state index in [1.54, 1.807) is 4.57 Å². The van der Waals surface area contributed by atoms with Gasteiger partial charge in [0.2, 0.25) is 11.7 Å². The van der Waals surface area contributed by atoms with E-state index in [9.17, 15) is 4.79 Å². The fraction of sp³-hybridized carbons (Fsp3) is 0.318. The highest BCUT2D eigenvalue weighted by Gasteiger charge is 2.21. The molecule has 0 N–H and O–H groups in total. The first-order chi connectivity index (χ1) is 14.2. The summed E-state index contributed by atoms with van der Waals surface area (Å²) in [6.07, 6.45) is 4.81. The highest BCUT2D eigenvalue weighted by Crippen LogP contribution is 2.24. The predicted molar refractivity (Wildman–Crippen MR) is 119 cm³/mol. The summed E-state index contributed by atoms with van der Waals surface area (Å²) in [5.41, 5.74) is 1.86. The lowest BCUT2D eigenvalue weighted by molar-refractivity contribution is 0.726. The van der Waals surface area contributed by atoms with E-state index >= 15 is 0 Å². The van der Waals surface area contributed by atoms with Crippen molar-refractivity contribution < 1.29 is 0 Å². The van der Waals surface area contributed by atoms with Gasteiger partial charge in [-0.1, -0.05) is 59.1 Å². The van der Waals surface area contributed by atoms with E-state index in [1.807, 2.05) is 48.5 Å². The summed E-state index contributed by atoms with van der Waals surface area (Å²) >= 11 is 3.52. The maximum Gasteiger partial charge on any atom is 0.263 e. The van der Waals surface area contributed by atoms with Gasteiger partial charge in [0, 0.05) is 17.6 Å². The highest BCUT2D eigenvalue weighted by molar-refractivity contribution is 9.10. The first-order valence-electron chi connectivity index (χ1n) is 10.1. The molecule has 1 aliphatic rings. The molecule has 29 heavy (non-hydrogen) atoms. The second-order valence-corrected chi connectivity index (χ2v) is 8.49. The SMILES string of the molecule is O=c1c2cc(Br)ccc2n2c(N3CCCCCC3)nnc2n1Cc1ccccc1. The minimum Gasteiger partial charge on any atom is -0.341 e. The molecule has 7 heteroatoms. The number of anilines is 1. The summed E-state index contributed by atoms with van der Waals surface area (Å²) in [4.78, 5) is 15.7. The van der Waals surface area contributed by atoms with Crippen molar-refractivity contribution in [2.45, 2.75) is 32.2 Å². The lowest BCUT2D eigenvalue weighted by Gasteiger charge is -2.21. The Morgan fingerprint density at radius 3 is 2.45 bits per heavy atom. The van der Waals surface area contributed by atoms with E-state index in [0.29, 0.717) is 17.7 Å². The van der Waals surface area contributed by atoms with Gasteiger partial charge in [-0.25, -0.2) is 4.40 Å². The zero-order valence-corrected chi connectivity index (χ0v) is 17.7. The minimum atomic E-state index is -0.0486. The molecular weight excluding hydrogens is 430 g/mol. The number of hydrogen-bond acceptors (Lipinski definition) is 4. The Balaban J connectivity index is 1.77. The molecule has 1 aliphatic heterocycles. The third-order valence-corrected chi connectivity index (χ3v) is 6.11. The minimum absolute atomic E-state index is 0.0486. The summed E-state index contributed by atoms with van der Waals surface area (Å²) in [6, 6.07) is 15.8. The van der Waals surface area contributed by atoms with E-state index in [1.165, 1.54) is 12.8 Å². The normalized spacial score (nSPS) is 15.1. The van der Waals surface area contributed by atoms with E-state index in [2.05, 4.69) is 35.4 Å². The van der Waals surface area contributed by atoms with Crippen LogP contribution in [0.25, 0.3) is 16.7 Å². The highest BCUT2D eigenvalue weighted by atomic mass is 79.9. The van der Waals surface area contributed by atoms with Crippen molar-refractivity contribution in [3.05, 3.63) is 68.9 Å². The second-order valence-electron chi connectivity index (χ2n) is 7.58. The number of aromatic nitrogens is 4. The topological polar surface area (TPSA) is 55.4 Å². The summed E-state index contributed by atoms with van der Waals surface area (Å²) in [5.74, 6) is 1.42. The van der Waals surface area contributed by atoms with Crippen molar-refractivity contribution in [2.24, 2.45) is 0 Å². The molecule has 0 saturated carbocycles. The number of benzene rings is 2. The molecule has 2 aromatic carbocycles. The molecule has 1 fully saturated rings. The van der Waals surface area contributed by atoms with Gasteiger partial charge in [0.25, 0.3) is 5.56 Å². The average Bonchev–Trinajstić information content (AvgIpc) is 2.99. The molecule has 0 amide bonds. The van der Waals surface area contributed by atoms with Crippen LogP contribution in [0.4, 0.5) is 5.95 Å². The van der Waals surface area contributed by atoms with Crippen LogP contribution in [0.5, 0.6) is 0 Å². The number of hydrogen-bond donors (Lipinski definition) is 0. The predicted octanol–water partition coefficient (Wildman–Crippen LogP) is 4.24. The Labute approximate surface area is 176 Å². The smallest absolute Gasteiger partial charge is 0.263 e. The van der Waals surface area contributed by atoms with Crippen LogP contribution in [0.1, 0.15) is 31.2 Å². The maximum atomic E-state index is 13.4. The Hall–Kier alpha value is -2.67. The lowest BCUT2D eigenvalue weighted by atomic mass is 10.2. The van der Waals surface area contributed by atoms with Gasteiger partial charge in [0.1, 0.15) is 0 Å².